The third-order valence-electron chi connectivity index (χ3n) is 5.07. The van der Waals surface area contributed by atoms with Crippen molar-refractivity contribution in [3.8, 4) is 5.75 Å². The van der Waals surface area contributed by atoms with Gasteiger partial charge in [0.05, 0.1) is 17.7 Å². The first-order valence-electron chi connectivity index (χ1n) is 9.64. The van der Waals surface area contributed by atoms with E-state index in [2.05, 4.69) is 10.3 Å². The molecule has 1 saturated heterocycles. The normalized spacial score (nSPS) is 15.3. The van der Waals surface area contributed by atoms with Gasteiger partial charge in [-0.2, -0.15) is 4.31 Å². The molecule has 1 aliphatic rings. The molecule has 10 heteroatoms. The summed E-state index contributed by atoms with van der Waals surface area (Å²) in [6, 6.07) is 12.3. The van der Waals surface area contributed by atoms with Crippen LogP contribution in [0.25, 0.3) is 0 Å². The number of hydrogen-bond acceptors (Lipinski definition) is 6. The molecule has 0 unspecified atom stereocenters. The van der Waals surface area contributed by atoms with Gasteiger partial charge < -0.3 is 9.64 Å². The minimum Gasteiger partial charge on any atom is -0.497 e. The van der Waals surface area contributed by atoms with Crippen LogP contribution in [0.5, 0.6) is 5.75 Å². The number of benzene rings is 2. The standard InChI is InChI=1S/C21H21Cl2N3O3S2/c1-29-19-4-2-15(3-5-19)10-18-14-30-21(24-18)25-6-8-26(9-7-25)31(27,28)20-12-16(22)11-17(23)13-20/h2-5,11-14H,6-10H2,1H3. The van der Waals surface area contributed by atoms with Crippen LogP contribution in [-0.2, 0) is 16.4 Å². The fourth-order valence-corrected chi connectivity index (χ4v) is 6.45. The van der Waals surface area contributed by atoms with Crippen molar-refractivity contribution in [2.45, 2.75) is 11.3 Å². The zero-order valence-electron chi connectivity index (χ0n) is 16.8. The first kappa shape index (κ1) is 22.4. The van der Waals surface area contributed by atoms with Crippen LogP contribution in [0.3, 0.4) is 0 Å². The number of anilines is 1. The van der Waals surface area contributed by atoms with Crippen LogP contribution < -0.4 is 9.64 Å². The summed E-state index contributed by atoms with van der Waals surface area (Å²) in [6.07, 6.45) is 0.740. The lowest BCUT2D eigenvalue weighted by Crippen LogP contribution is -2.48. The van der Waals surface area contributed by atoms with Gasteiger partial charge in [-0.3, -0.25) is 0 Å². The van der Waals surface area contributed by atoms with Crippen LogP contribution in [-0.4, -0.2) is 51.0 Å². The zero-order chi connectivity index (χ0) is 22.0. The fraction of sp³-hybridized carbons (Fsp3) is 0.286. The van der Waals surface area contributed by atoms with Crippen molar-refractivity contribution in [3.63, 3.8) is 0 Å². The Kier molecular flexibility index (Phi) is 6.74. The van der Waals surface area contributed by atoms with Crippen molar-refractivity contribution in [3.05, 3.63) is 69.1 Å². The number of rotatable bonds is 6. The number of halogens is 2. The van der Waals surface area contributed by atoms with Gasteiger partial charge in [0.1, 0.15) is 5.75 Å². The summed E-state index contributed by atoms with van der Waals surface area (Å²) in [5, 5.41) is 3.57. The fourth-order valence-electron chi connectivity index (χ4n) is 3.42. The lowest BCUT2D eigenvalue weighted by molar-refractivity contribution is 0.384. The quantitative estimate of drug-likeness (QED) is 0.499. The Balaban J connectivity index is 1.39. The molecule has 0 atom stereocenters. The van der Waals surface area contributed by atoms with E-state index in [1.165, 1.54) is 22.5 Å². The van der Waals surface area contributed by atoms with E-state index >= 15 is 0 Å². The molecule has 1 aromatic heterocycles. The van der Waals surface area contributed by atoms with Crippen LogP contribution in [0.4, 0.5) is 5.13 Å². The predicted molar refractivity (Wildman–Crippen MR) is 125 cm³/mol. The minimum atomic E-state index is -3.64. The summed E-state index contributed by atoms with van der Waals surface area (Å²) in [5.41, 5.74) is 2.16. The van der Waals surface area contributed by atoms with Gasteiger partial charge in [0.2, 0.25) is 10.0 Å². The number of ether oxygens (including phenoxy) is 1. The molecule has 0 saturated carbocycles. The lowest BCUT2D eigenvalue weighted by atomic mass is 10.1. The smallest absolute Gasteiger partial charge is 0.243 e. The van der Waals surface area contributed by atoms with Crippen molar-refractivity contribution in [1.29, 1.82) is 0 Å². The van der Waals surface area contributed by atoms with Crippen LogP contribution in [0.2, 0.25) is 10.0 Å². The number of aromatic nitrogens is 1. The van der Waals surface area contributed by atoms with Gasteiger partial charge in [-0.25, -0.2) is 13.4 Å². The van der Waals surface area contributed by atoms with Crippen LogP contribution in [0.1, 0.15) is 11.3 Å². The average molecular weight is 498 g/mol. The van der Waals surface area contributed by atoms with Crippen molar-refractivity contribution in [2.75, 3.05) is 38.2 Å². The van der Waals surface area contributed by atoms with E-state index in [0.717, 1.165) is 28.6 Å². The second kappa shape index (κ2) is 9.34. The summed E-state index contributed by atoms with van der Waals surface area (Å²) in [6.45, 7) is 1.89. The Morgan fingerprint density at radius 2 is 1.68 bits per heavy atom. The number of thiazole rings is 1. The van der Waals surface area contributed by atoms with Gasteiger partial charge in [-0.15, -0.1) is 11.3 Å². The number of piperazine rings is 1. The Morgan fingerprint density at radius 1 is 1.03 bits per heavy atom. The van der Waals surface area contributed by atoms with Gasteiger partial charge in [0.25, 0.3) is 0 Å². The Morgan fingerprint density at radius 3 is 2.29 bits per heavy atom. The Bertz CT molecular complexity index is 1140. The molecule has 0 bridgehead atoms. The van der Waals surface area contributed by atoms with Crippen LogP contribution in [0, 0.1) is 0 Å². The van der Waals surface area contributed by atoms with E-state index in [1.54, 1.807) is 18.4 Å². The number of methoxy groups -OCH3 is 1. The lowest BCUT2D eigenvalue weighted by Gasteiger charge is -2.33. The highest BCUT2D eigenvalue weighted by atomic mass is 35.5. The maximum atomic E-state index is 13.0. The molecule has 1 aliphatic heterocycles. The highest BCUT2D eigenvalue weighted by Crippen LogP contribution is 2.28. The molecule has 0 spiro atoms. The SMILES string of the molecule is COc1ccc(Cc2csc(N3CCN(S(=O)(=O)c4cc(Cl)cc(Cl)c4)CC3)n2)cc1. The molecular formula is C21H21Cl2N3O3S2. The third-order valence-corrected chi connectivity index (χ3v) is 8.33. The van der Waals surface area contributed by atoms with Crippen LogP contribution in [0.15, 0.2) is 52.7 Å². The Labute approximate surface area is 196 Å². The zero-order valence-corrected chi connectivity index (χ0v) is 19.9. The number of hydrogen-bond donors (Lipinski definition) is 0. The molecule has 2 heterocycles. The molecule has 0 N–H and O–H groups in total. The first-order chi connectivity index (χ1) is 14.8. The summed E-state index contributed by atoms with van der Waals surface area (Å²) in [5.74, 6) is 0.829. The van der Waals surface area contributed by atoms with Gasteiger partial charge in [-0.1, -0.05) is 35.3 Å². The second-order valence-electron chi connectivity index (χ2n) is 7.14. The van der Waals surface area contributed by atoms with Gasteiger partial charge in [0.15, 0.2) is 5.13 Å². The van der Waals surface area contributed by atoms with E-state index in [9.17, 15) is 8.42 Å². The van der Waals surface area contributed by atoms with Crippen molar-refractivity contribution in [2.24, 2.45) is 0 Å². The molecule has 1 fully saturated rings. The van der Waals surface area contributed by atoms with Crippen molar-refractivity contribution in [1.82, 2.24) is 9.29 Å². The molecule has 4 rings (SSSR count). The number of nitrogens with zero attached hydrogens (tertiary/aromatic N) is 3. The van der Waals surface area contributed by atoms with E-state index < -0.39 is 10.0 Å². The molecule has 3 aromatic rings. The highest BCUT2D eigenvalue weighted by Gasteiger charge is 2.29. The van der Waals surface area contributed by atoms with Gasteiger partial charge >= 0.3 is 0 Å². The minimum absolute atomic E-state index is 0.120. The van der Waals surface area contributed by atoms with Gasteiger partial charge in [-0.05, 0) is 35.9 Å². The monoisotopic (exact) mass is 497 g/mol. The largest absolute Gasteiger partial charge is 0.497 e. The molecule has 0 radical (unpaired) electrons. The van der Waals surface area contributed by atoms with Crippen LogP contribution >= 0.6 is 34.5 Å². The maximum Gasteiger partial charge on any atom is 0.243 e. The maximum absolute atomic E-state index is 13.0. The molecule has 0 aliphatic carbocycles. The van der Waals surface area contributed by atoms with E-state index in [0.29, 0.717) is 36.2 Å². The molecule has 2 aromatic carbocycles. The molecule has 6 nitrogen and oxygen atoms in total. The Hall–Kier alpha value is -1.84. The van der Waals surface area contributed by atoms with Gasteiger partial charge in [0, 0.05) is 48.0 Å². The van der Waals surface area contributed by atoms with E-state index in [-0.39, 0.29) is 4.90 Å². The summed E-state index contributed by atoms with van der Waals surface area (Å²) in [7, 11) is -1.99. The highest BCUT2D eigenvalue weighted by molar-refractivity contribution is 7.89. The molecule has 0 amide bonds. The topological polar surface area (TPSA) is 62.7 Å². The van der Waals surface area contributed by atoms with Crippen molar-refractivity contribution >= 4 is 49.7 Å². The predicted octanol–water partition coefficient (Wildman–Crippen LogP) is 4.56. The molecule has 164 valence electrons. The number of sulfonamides is 1. The summed E-state index contributed by atoms with van der Waals surface area (Å²) in [4.78, 5) is 6.99. The van der Waals surface area contributed by atoms with E-state index in [4.69, 9.17) is 32.9 Å². The third kappa shape index (κ3) is 5.15. The van der Waals surface area contributed by atoms with E-state index in [1.807, 2.05) is 24.3 Å². The summed E-state index contributed by atoms with van der Waals surface area (Å²) < 4.78 is 32.6. The van der Waals surface area contributed by atoms with Crippen molar-refractivity contribution < 1.29 is 13.2 Å². The molecular weight excluding hydrogens is 477 g/mol. The first-order valence-corrected chi connectivity index (χ1v) is 12.7. The molecule has 31 heavy (non-hydrogen) atoms. The average Bonchev–Trinajstić information content (AvgIpc) is 3.22. The second-order valence-corrected chi connectivity index (χ2v) is 10.8. The summed E-state index contributed by atoms with van der Waals surface area (Å²) >= 11 is 13.5.